The molecule has 8 N–H and O–H groups in total. The minimum Gasteiger partial charge on any atom is -0.478 e. The van der Waals surface area contributed by atoms with Crippen molar-refractivity contribution >= 4 is 29.6 Å². The fourth-order valence-corrected chi connectivity index (χ4v) is 13.4. The molecule has 3 saturated carbocycles. The molecule has 1 aromatic carbocycles. The number of ketones is 2. The van der Waals surface area contributed by atoms with Crippen LogP contribution >= 0.6 is 0 Å². The number of nitrogens with zero attached hydrogens (tertiary/aromatic N) is 1. The highest BCUT2D eigenvalue weighted by Gasteiger charge is 2.77. The molecular weight excluding hydrogens is 682 g/mol. The van der Waals surface area contributed by atoms with E-state index in [1.807, 2.05) is 83.2 Å². The number of nitrogens with two attached hydrogens (primary N) is 2. The van der Waals surface area contributed by atoms with Gasteiger partial charge in [0.1, 0.15) is 5.78 Å². The quantitative estimate of drug-likeness (QED) is 0.105. The smallest absolute Gasteiger partial charge is 0.331 e. The van der Waals surface area contributed by atoms with E-state index in [0.29, 0.717) is 36.0 Å². The van der Waals surface area contributed by atoms with E-state index in [1.165, 1.54) is 6.92 Å². The van der Waals surface area contributed by atoms with Gasteiger partial charge in [-0.2, -0.15) is 0 Å². The maximum absolute atomic E-state index is 15.2. The second-order valence-corrected chi connectivity index (χ2v) is 18.6. The maximum Gasteiger partial charge on any atom is 0.331 e. The number of fused-ring (bicyclic) bond motifs is 6. The van der Waals surface area contributed by atoms with Crippen LogP contribution in [0.15, 0.2) is 75.8 Å². The Bertz CT molecular complexity index is 1960. The van der Waals surface area contributed by atoms with Gasteiger partial charge < -0.3 is 31.9 Å². The molecule has 1 spiro atoms. The molecule has 0 aliphatic heterocycles. The van der Waals surface area contributed by atoms with Gasteiger partial charge in [0.15, 0.2) is 11.7 Å². The van der Waals surface area contributed by atoms with Crippen LogP contribution in [0.5, 0.6) is 0 Å². The Hall–Kier alpha value is -3.86. The largest absolute Gasteiger partial charge is 0.478 e. The van der Waals surface area contributed by atoms with E-state index in [2.05, 4.69) is 13.0 Å². The number of hydrogen-bond acceptors (Lipinski definition) is 7. The molecule has 0 heterocycles. The first kappa shape index (κ1) is 38.4. The van der Waals surface area contributed by atoms with Crippen LogP contribution in [0.2, 0.25) is 0 Å². The van der Waals surface area contributed by atoms with Gasteiger partial charge in [-0.15, -0.1) is 0 Å². The van der Waals surface area contributed by atoms with Gasteiger partial charge in [0, 0.05) is 57.5 Å². The summed E-state index contributed by atoms with van der Waals surface area (Å²) < 4.78 is 0. The van der Waals surface area contributed by atoms with Crippen LogP contribution in [0, 0.1) is 50.7 Å². The van der Waals surface area contributed by atoms with Crippen LogP contribution in [0.25, 0.3) is 6.08 Å². The molecule has 0 aromatic heterocycles. The Balaban J connectivity index is 1.44. The first-order chi connectivity index (χ1) is 25.1. The van der Waals surface area contributed by atoms with Crippen LogP contribution in [0.3, 0.4) is 0 Å². The number of guanidine groups is 1. The molecule has 10 nitrogen and oxygen atoms in total. The lowest BCUT2D eigenvalue weighted by molar-refractivity contribution is -0.153. The molecule has 3 fully saturated rings. The molecule has 0 bridgehead atoms. The van der Waals surface area contributed by atoms with E-state index in [1.54, 1.807) is 0 Å². The van der Waals surface area contributed by atoms with Crippen LogP contribution in [-0.2, 0) is 14.4 Å². The summed E-state index contributed by atoms with van der Waals surface area (Å²) in [6.07, 6.45) is 6.37. The Kier molecular flexibility index (Phi) is 8.77. The number of allylic oxidation sites excluding steroid dienone is 2. The van der Waals surface area contributed by atoms with Crippen LogP contribution in [0.4, 0.5) is 0 Å². The van der Waals surface area contributed by atoms with Crippen molar-refractivity contribution < 1.29 is 34.8 Å². The molecule has 0 radical (unpaired) electrons. The minimum absolute atomic E-state index is 0.0803. The second kappa shape index (κ2) is 12.3. The van der Waals surface area contributed by atoms with Crippen molar-refractivity contribution in [3.05, 3.63) is 76.4 Å². The van der Waals surface area contributed by atoms with E-state index >= 15 is 4.79 Å². The summed E-state index contributed by atoms with van der Waals surface area (Å²) in [5, 5.41) is 47.7. The van der Waals surface area contributed by atoms with Crippen molar-refractivity contribution in [3.8, 4) is 0 Å². The molecule has 7 rings (SSSR count). The monoisotopic (exact) mass is 739 g/mol. The van der Waals surface area contributed by atoms with Gasteiger partial charge in [-0.1, -0.05) is 96.2 Å². The van der Waals surface area contributed by atoms with Crippen LogP contribution < -0.4 is 11.5 Å². The number of carbonyl (C=O) groups is 3. The third-order valence-corrected chi connectivity index (χ3v) is 16.2. The standard InChI is InChI=1S/C44H57N3O7/c1-23(37(53)54)26-15-18-44(47-38(45)46)20-19-43(24(2)31(44)34(26)51)22-30(50)42(7)33-32(28(48)21-41(42,43)6)40(5)17-16-29(49)39(3,4)36(40)27(35(33)52)14-13-25-11-9-8-10-12-25/h8-14,19-20,24,27,30-31,34-36,50-52H,15-18,21-22H2,1-7H3,(H,53,54)(H4,45,46,47)/b14-13+,26-23+/t24-,27+,30+,31-,34-,35-,36-,40-,41+,42+,43-,44+/m1/s1. The summed E-state index contributed by atoms with van der Waals surface area (Å²) in [5.74, 6) is -3.27. The first-order valence-electron chi connectivity index (χ1n) is 19.5. The average molecular weight is 740 g/mol. The van der Waals surface area contributed by atoms with Gasteiger partial charge in [-0.3, -0.25) is 9.59 Å². The Morgan fingerprint density at radius 2 is 1.61 bits per heavy atom. The third kappa shape index (κ3) is 4.81. The molecule has 290 valence electrons. The van der Waals surface area contributed by atoms with Gasteiger partial charge in [-0.25, -0.2) is 9.79 Å². The van der Waals surface area contributed by atoms with Crippen LogP contribution in [0.1, 0.15) is 92.6 Å². The molecule has 6 aliphatic rings. The maximum atomic E-state index is 15.2. The van der Waals surface area contributed by atoms with Gasteiger partial charge >= 0.3 is 5.97 Å². The van der Waals surface area contributed by atoms with Crippen molar-refractivity contribution in [3.63, 3.8) is 0 Å². The number of carboxylic acids is 1. The Labute approximate surface area is 318 Å². The average Bonchev–Trinajstić information content (AvgIpc) is 3.27. The third-order valence-electron chi connectivity index (χ3n) is 16.2. The van der Waals surface area contributed by atoms with Crippen molar-refractivity contribution in [1.82, 2.24) is 0 Å². The summed E-state index contributed by atoms with van der Waals surface area (Å²) >= 11 is 0. The highest BCUT2D eigenvalue weighted by Crippen LogP contribution is 2.78. The zero-order valence-corrected chi connectivity index (χ0v) is 32.6. The highest BCUT2D eigenvalue weighted by atomic mass is 16.4. The predicted octanol–water partition coefficient (Wildman–Crippen LogP) is 5.13. The molecule has 6 aliphatic carbocycles. The number of hydrogen-bond donors (Lipinski definition) is 6. The van der Waals surface area contributed by atoms with Gasteiger partial charge in [0.05, 0.1) is 23.9 Å². The van der Waals surface area contributed by atoms with E-state index in [9.17, 15) is 30.0 Å². The number of Topliss-reactive ketones (excluding diaryl/α,β-unsaturated/α-hetero) is 2. The number of carboxylic acid groups (broad SMARTS) is 1. The summed E-state index contributed by atoms with van der Waals surface area (Å²) in [6, 6.07) is 9.80. The fourth-order valence-electron chi connectivity index (χ4n) is 13.4. The molecule has 0 amide bonds. The highest BCUT2D eigenvalue weighted by molar-refractivity contribution is 6.01. The lowest BCUT2D eigenvalue weighted by atomic mass is 9.38. The molecular formula is C44H57N3O7. The van der Waals surface area contributed by atoms with E-state index in [4.69, 9.17) is 16.5 Å². The number of carbonyl (C=O) groups excluding carboxylic acids is 2. The molecule has 12 atom stereocenters. The minimum atomic E-state index is -1.20. The molecule has 1 aromatic rings. The number of aliphatic hydroxyl groups is 3. The van der Waals surface area contributed by atoms with Gasteiger partial charge in [-0.05, 0) is 66.6 Å². The molecule has 0 saturated heterocycles. The second-order valence-electron chi connectivity index (χ2n) is 18.6. The molecule has 0 unspecified atom stereocenters. The Morgan fingerprint density at radius 1 is 0.944 bits per heavy atom. The number of benzene rings is 1. The summed E-state index contributed by atoms with van der Waals surface area (Å²) in [7, 11) is 0. The zero-order valence-electron chi connectivity index (χ0n) is 32.6. The van der Waals surface area contributed by atoms with Crippen molar-refractivity contribution in [2.45, 2.75) is 111 Å². The van der Waals surface area contributed by atoms with E-state index < -0.39 is 74.6 Å². The number of aliphatic carboxylic acids is 1. The summed E-state index contributed by atoms with van der Waals surface area (Å²) in [4.78, 5) is 45.7. The number of rotatable bonds is 4. The fraction of sp³-hybridized carbons (Fsp3) is 0.591. The van der Waals surface area contributed by atoms with Crippen LogP contribution in [-0.4, -0.2) is 67.8 Å². The first-order valence-corrected chi connectivity index (χ1v) is 19.5. The number of aliphatic imine (C=N–C) groups is 1. The van der Waals surface area contributed by atoms with Crippen molar-refractivity contribution in [2.24, 2.45) is 67.2 Å². The van der Waals surface area contributed by atoms with E-state index in [-0.39, 0.29) is 48.3 Å². The predicted molar refractivity (Wildman–Crippen MR) is 206 cm³/mol. The topological polar surface area (TPSA) is 197 Å². The summed E-state index contributed by atoms with van der Waals surface area (Å²) in [5.41, 5.74) is 9.03. The Morgan fingerprint density at radius 3 is 2.24 bits per heavy atom. The van der Waals surface area contributed by atoms with Gasteiger partial charge in [0.2, 0.25) is 0 Å². The molecule has 54 heavy (non-hydrogen) atoms. The summed E-state index contributed by atoms with van der Waals surface area (Å²) in [6.45, 7) is 13.5. The normalized spacial score (nSPS) is 44.7. The SMILES string of the molecule is C/C(C(=O)O)=C1/CC[C@]2(N=C(N)N)C=C[C@@]3(C[C@H](O)[C@@]4(C)C5=C(C(=O)C[C@]34C)[C@@]3(C)CCC(=O)C(C)(C)[C@H]3[C@@H](/C=C/c3ccccc3)[C@H]5O)[C@H](C)[C@@H]2[C@@H]1O. The lowest BCUT2D eigenvalue weighted by Gasteiger charge is -2.65. The van der Waals surface area contributed by atoms with Crippen molar-refractivity contribution in [1.29, 1.82) is 0 Å². The van der Waals surface area contributed by atoms with Crippen molar-refractivity contribution in [2.75, 3.05) is 0 Å². The van der Waals surface area contributed by atoms with E-state index in [0.717, 1.165) is 5.56 Å². The molecule has 10 heteroatoms. The van der Waals surface area contributed by atoms with Gasteiger partial charge in [0.25, 0.3) is 0 Å². The number of aliphatic hydroxyl groups excluding tert-OH is 3. The lowest BCUT2D eigenvalue weighted by Crippen LogP contribution is -2.65. The zero-order chi connectivity index (χ0) is 39.6.